The van der Waals surface area contributed by atoms with Gasteiger partial charge in [0.25, 0.3) is 0 Å². The molecule has 1 rings (SSSR count). The SMILES string of the molecule is CC(=O)C[C@H](C)c1ccc(C)cc1. The van der Waals surface area contributed by atoms with E-state index in [1.807, 2.05) is 0 Å². The van der Waals surface area contributed by atoms with Gasteiger partial charge < -0.3 is 4.79 Å². The van der Waals surface area contributed by atoms with Gasteiger partial charge in [-0.05, 0) is 25.3 Å². The zero-order valence-corrected chi connectivity index (χ0v) is 8.50. The molecule has 0 heterocycles. The summed E-state index contributed by atoms with van der Waals surface area (Å²) in [6.45, 7) is 5.80. The molecule has 0 saturated carbocycles. The van der Waals surface area contributed by atoms with Crippen molar-refractivity contribution in [2.45, 2.75) is 33.1 Å². The van der Waals surface area contributed by atoms with Crippen molar-refractivity contribution >= 4 is 5.78 Å². The minimum Gasteiger partial charge on any atom is -0.300 e. The van der Waals surface area contributed by atoms with Crippen molar-refractivity contribution < 1.29 is 4.79 Å². The van der Waals surface area contributed by atoms with E-state index in [9.17, 15) is 4.79 Å². The molecule has 13 heavy (non-hydrogen) atoms. The molecule has 0 amide bonds. The van der Waals surface area contributed by atoms with Crippen LogP contribution in [0.4, 0.5) is 0 Å². The maximum absolute atomic E-state index is 10.9. The van der Waals surface area contributed by atoms with Crippen LogP contribution >= 0.6 is 0 Å². The lowest BCUT2D eigenvalue weighted by molar-refractivity contribution is -0.117. The van der Waals surface area contributed by atoms with E-state index in [4.69, 9.17) is 0 Å². The van der Waals surface area contributed by atoms with Gasteiger partial charge in [-0.15, -0.1) is 0 Å². The lowest BCUT2D eigenvalue weighted by Gasteiger charge is -2.09. The topological polar surface area (TPSA) is 17.1 Å². The van der Waals surface area contributed by atoms with Gasteiger partial charge in [-0.3, -0.25) is 0 Å². The fourth-order valence-electron chi connectivity index (χ4n) is 1.44. The summed E-state index contributed by atoms with van der Waals surface area (Å²) >= 11 is 0. The molecule has 0 radical (unpaired) electrons. The van der Waals surface area contributed by atoms with Crippen LogP contribution in [0.2, 0.25) is 0 Å². The molecular weight excluding hydrogens is 160 g/mol. The lowest BCUT2D eigenvalue weighted by Crippen LogP contribution is -1.99. The highest BCUT2D eigenvalue weighted by molar-refractivity contribution is 5.76. The summed E-state index contributed by atoms with van der Waals surface area (Å²) in [5, 5.41) is 0. The minimum atomic E-state index is 0.257. The van der Waals surface area contributed by atoms with Crippen molar-refractivity contribution in [2.75, 3.05) is 0 Å². The third kappa shape index (κ3) is 3.02. The Morgan fingerprint density at radius 1 is 1.31 bits per heavy atom. The van der Waals surface area contributed by atoms with Gasteiger partial charge in [0.2, 0.25) is 0 Å². The largest absolute Gasteiger partial charge is 0.300 e. The Labute approximate surface area is 79.8 Å². The highest BCUT2D eigenvalue weighted by Gasteiger charge is 2.06. The van der Waals surface area contributed by atoms with Gasteiger partial charge >= 0.3 is 0 Å². The summed E-state index contributed by atoms with van der Waals surface area (Å²) in [7, 11) is 0. The van der Waals surface area contributed by atoms with E-state index in [1.54, 1.807) is 6.92 Å². The molecule has 0 spiro atoms. The zero-order chi connectivity index (χ0) is 9.84. The zero-order valence-electron chi connectivity index (χ0n) is 8.50. The highest BCUT2D eigenvalue weighted by Crippen LogP contribution is 2.19. The third-order valence-electron chi connectivity index (χ3n) is 2.24. The predicted octanol–water partition coefficient (Wildman–Crippen LogP) is 3.08. The van der Waals surface area contributed by atoms with Gasteiger partial charge in [-0.1, -0.05) is 36.8 Å². The number of hydrogen-bond acceptors (Lipinski definition) is 1. The number of carbonyl (C=O) groups excluding carboxylic acids is 1. The molecule has 1 aromatic carbocycles. The van der Waals surface area contributed by atoms with E-state index in [1.165, 1.54) is 11.1 Å². The van der Waals surface area contributed by atoms with Crippen molar-refractivity contribution in [3.05, 3.63) is 35.4 Å². The molecule has 70 valence electrons. The van der Waals surface area contributed by atoms with E-state index in [-0.39, 0.29) is 5.78 Å². The number of Topliss-reactive ketones (excluding diaryl/α,β-unsaturated/α-hetero) is 1. The second-order valence-electron chi connectivity index (χ2n) is 3.72. The van der Waals surface area contributed by atoms with E-state index in [0.717, 1.165) is 0 Å². The van der Waals surface area contributed by atoms with Crippen molar-refractivity contribution in [3.8, 4) is 0 Å². The van der Waals surface area contributed by atoms with E-state index >= 15 is 0 Å². The van der Waals surface area contributed by atoms with Crippen molar-refractivity contribution in [1.29, 1.82) is 0 Å². The molecular formula is C12H16O. The van der Waals surface area contributed by atoms with Crippen LogP contribution in [-0.2, 0) is 4.79 Å². The first kappa shape index (κ1) is 9.97. The molecule has 0 aromatic heterocycles. The second-order valence-corrected chi connectivity index (χ2v) is 3.72. The molecule has 0 aliphatic carbocycles. The van der Waals surface area contributed by atoms with Gasteiger partial charge in [-0.2, -0.15) is 0 Å². The first-order valence-corrected chi connectivity index (χ1v) is 4.65. The Balaban J connectivity index is 2.71. The Kier molecular flexibility index (Phi) is 3.24. The summed E-state index contributed by atoms with van der Waals surface area (Å²) in [5.74, 6) is 0.603. The highest BCUT2D eigenvalue weighted by atomic mass is 16.1. The normalized spacial score (nSPS) is 12.5. The van der Waals surface area contributed by atoms with Crippen LogP contribution in [0.15, 0.2) is 24.3 Å². The molecule has 0 bridgehead atoms. The number of hydrogen-bond donors (Lipinski definition) is 0. The fraction of sp³-hybridized carbons (Fsp3) is 0.417. The smallest absolute Gasteiger partial charge is 0.130 e. The molecule has 0 unspecified atom stereocenters. The summed E-state index contributed by atoms with van der Waals surface area (Å²) in [5.41, 5.74) is 2.51. The van der Waals surface area contributed by atoms with Crippen LogP contribution in [0.5, 0.6) is 0 Å². The molecule has 1 atom stereocenters. The molecule has 1 aromatic rings. The maximum Gasteiger partial charge on any atom is 0.130 e. The third-order valence-corrected chi connectivity index (χ3v) is 2.24. The van der Waals surface area contributed by atoms with Crippen LogP contribution in [0, 0.1) is 6.92 Å². The van der Waals surface area contributed by atoms with Gasteiger partial charge in [0.15, 0.2) is 0 Å². The first-order chi connectivity index (χ1) is 6.09. The molecule has 0 saturated heterocycles. The van der Waals surface area contributed by atoms with Gasteiger partial charge in [-0.25, -0.2) is 0 Å². The van der Waals surface area contributed by atoms with Crippen LogP contribution in [0.1, 0.15) is 37.3 Å². The van der Waals surface area contributed by atoms with Crippen LogP contribution in [0.3, 0.4) is 0 Å². The van der Waals surface area contributed by atoms with Crippen LogP contribution in [0.25, 0.3) is 0 Å². The summed E-state index contributed by atoms with van der Waals surface area (Å²) < 4.78 is 0. The summed E-state index contributed by atoms with van der Waals surface area (Å²) in [6, 6.07) is 8.38. The molecule has 0 fully saturated rings. The number of carbonyl (C=O) groups is 1. The van der Waals surface area contributed by atoms with Crippen LogP contribution in [-0.4, -0.2) is 5.78 Å². The first-order valence-electron chi connectivity index (χ1n) is 4.65. The van der Waals surface area contributed by atoms with E-state index in [2.05, 4.69) is 38.1 Å². The molecule has 0 aliphatic heterocycles. The van der Waals surface area contributed by atoms with Crippen molar-refractivity contribution in [1.82, 2.24) is 0 Å². The average Bonchev–Trinajstić information content (AvgIpc) is 2.04. The Bertz CT molecular complexity index is 284. The number of aryl methyl sites for hydroxylation is 1. The van der Waals surface area contributed by atoms with E-state index in [0.29, 0.717) is 12.3 Å². The number of rotatable bonds is 3. The molecule has 0 N–H and O–H groups in total. The number of benzene rings is 1. The van der Waals surface area contributed by atoms with Crippen molar-refractivity contribution in [2.24, 2.45) is 0 Å². The monoisotopic (exact) mass is 176 g/mol. The lowest BCUT2D eigenvalue weighted by atomic mass is 9.95. The fourth-order valence-corrected chi connectivity index (χ4v) is 1.44. The minimum absolute atomic E-state index is 0.257. The maximum atomic E-state index is 10.9. The van der Waals surface area contributed by atoms with E-state index < -0.39 is 0 Å². The average molecular weight is 176 g/mol. The number of ketones is 1. The summed E-state index contributed by atoms with van der Waals surface area (Å²) in [6.07, 6.45) is 0.642. The predicted molar refractivity (Wildman–Crippen MR) is 54.9 cm³/mol. The van der Waals surface area contributed by atoms with Gasteiger partial charge in [0.05, 0.1) is 0 Å². The summed E-state index contributed by atoms with van der Waals surface area (Å²) in [4.78, 5) is 10.9. The van der Waals surface area contributed by atoms with Gasteiger partial charge in [0, 0.05) is 6.42 Å². The van der Waals surface area contributed by atoms with Crippen molar-refractivity contribution in [3.63, 3.8) is 0 Å². The molecule has 0 aliphatic rings. The second kappa shape index (κ2) is 4.22. The Morgan fingerprint density at radius 3 is 2.31 bits per heavy atom. The van der Waals surface area contributed by atoms with Gasteiger partial charge in [0.1, 0.15) is 5.78 Å². The quantitative estimate of drug-likeness (QED) is 0.691. The Morgan fingerprint density at radius 2 is 1.85 bits per heavy atom. The standard InChI is InChI=1S/C12H16O/c1-9-4-6-12(7-5-9)10(2)8-11(3)13/h4-7,10H,8H2,1-3H3/t10-/m0/s1. The Hall–Kier alpha value is -1.11. The molecule has 1 nitrogen and oxygen atoms in total. The van der Waals surface area contributed by atoms with Crippen LogP contribution < -0.4 is 0 Å². The molecule has 1 heteroatoms.